The molecule has 18 heavy (non-hydrogen) atoms. The van der Waals surface area contributed by atoms with Crippen molar-refractivity contribution in [2.75, 3.05) is 13.2 Å². The third-order valence-corrected chi connectivity index (χ3v) is 3.05. The SMILES string of the molecule is CCCCC(NCC)c1ccc(OCCC)cc1. The van der Waals surface area contributed by atoms with Crippen LogP contribution in [0.2, 0.25) is 0 Å². The summed E-state index contributed by atoms with van der Waals surface area (Å²) in [6.07, 6.45) is 4.78. The highest BCUT2D eigenvalue weighted by atomic mass is 16.5. The second kappa shape index (κ2) is 8.98. The minimum Gasteiger partial charge on any atom is -0.494 e. The summed E-state index contributed by atoms with van der Waals surface area (Å²) in [6, 6.07) is 9.03. The number of unbranched alkanes of at least 4 members (excludes halogenated alkanes) is 1. The largest absolute Gasteiger partial charge is 0.494 e. The lowest BCUT2D eigenvalue weighted by molar-refractivity contribution is 0.317. The molecule has 102 valence electrons. The average Bonchev–Trinajstić information content (AvgIpc) is 2.42. The zero-order chi connectivity index (χ0) is 13.2. The summed E-state index contributed by atoms with van der Waals surface area (Å²) in [7, 11) is 0. The van der Waals surface area contributed by atoms with Crippen molar-refractivity contribution < 1.29 is 4.74 Å². The molecular formula is C16H27NO. The zero-order valence-corrected chi connectivity index (χ0v) is 12.0. The highest BCUT2D eigenvalue weighted by Gasteiger charge is 2.09. The fourth-order valence-corrected chi connectivity index (χ4v) is 2.06. The van der Waals surface area contributed by atoms with Crippen LogP contribution in [0.25, 0.3) is 0 Å². The van der Waals surface area contributed by atoms with Crippen LogP contribution in [0.1, 0.15) is 58.1 Å². The van der Waals surface area contributed by atoms with Crippen LogP contribution in [-0.2, 0) is 0 Å². The van der Waals surface area contributed by atoms with Crippen LogP contribution < -0.4 is 10.1 Å². The average molecular weight is 249 g/mol. The van der Waals surface area contributed by atoms with Gasteiger partial charge in [0, 0.05) is 6.04 Å². The van der Waals surface area contributed by atoms with Gasteiger partial charge in [0.15, 0.2) is 0 Å². The Labute approximate surface area is 112 Å². The Kier molecular flexibility index (Phi) is 7.51. The van der Waals surface area contributed by atoms with Gasteiger partial charge in [0.05, 0.1) is 6.61 Å². The first-order chi connectivity index (χ1) is 8.81. The van der Waals surface area contributed by atoms with Crippen molar-refractivity contribution in [1.82, 2.24) is 5.32 Å². The first-order valence-electron chi connectivity index (χ1n) is 7.27. The Hall–Kier alpha value is -1.02. The standard InChI is InChI=1S/C16H27NO/c1-4-7-8-16(17-6-3)14-9-11-15(12-10-14)18-13-5-2/h9-12,16-17H,4-8,13H2,1-3H3. The van der Waals surface area contributed by atoms with Crippen molar-refractivity contribution in [3.8, 4) is 5.75 Å². The van der Waals surface area contributed by atoms with E-state index in [1.807, 2.05) is 0 Å². The van der Waals surface area contributed by atoms with Gasteiger partial charge in [0.2, 0.25) is 0 Å². The summed E-state index contributed by atoms with van der Waals surface area (Å²) in [5.74, 6) is 0.978. The Morgan fingerprint density at radius 1 is 1.06 bits per heavy atom. The lowest BCUT2D eigenvalue weighted by atomic mass is 10.0. The number of benzene rings is 1. The van der Waals surface area contributed by atoms with Gasteiger partial charge in [-0.05, 0) is 37.1 Å². The summed E-state index contributed by atoms with van der Waals surface area (Å²) in [5.41, 5.74) is 1.37. The molecule has 0 heterocycles. The van der Waals surface area contributed by atoms with Gasteiger partial charge in [-0.3, -0.25) is 0 Å². The molecule has 2 heteroatoms. The quantitative estimate of drug-likeness (QED) is 0.704. The minimum atomic E-state index is 0.482. The maximum atomic E-state index is 5.61. The number of hydrogen-bond acceptors (Lipinski definition) is 2. The second-order valence-electron chi connectivity index (χ2n) is 4.67. The van der Waals surface area contributed by atoms with Crippen LogP contribution in [0.4, 0.5) is 0 Å². The molecule has 0 aliphatic rings. The normalized spacial score (nSPS) is 12.4. The summed E-state index contributed by atoms with van der Waals surface area (Å²) < 4.78 is 5.61. The van der Waals surface area contributed by atoms with Gasteiger partial charge in [-0.1, -0.05) is 45.7 Å². The molecule has 2 nitrogen and oxygen atoms in total. The van der Waals surface area contributed by atoms with Gasteiger partial charge in [-0.15, -0.1) is 0 Å². The van der Waals surface area contributed by atoms with E-state index in [0.717, 1.165) is 25.3 Å². The fourth-order valence-electron chi connectivity index (χ4n) is 2.06. The van der Waals surface area contributed by atoms with E-state index in [0.29, 0.717) is 6.04 Å². The molecule has 0 saturated heterocycles. The predicted molar refractivity (Wildman–Crippen MR) is 78.2 cm³/mol. The molecule has 0 aliphatic carbocycles. The molecule has 1 atom stereocenters. The number of ether oxygens (including phenoxy) is 1. The maximum Gasteiger partial charge on any atom is 0.119 e. The Bertz CT molecular complexity index is 307. The van der Waals surface area contributed by atoms with Crippen LogP contribution in [0.3, 0.4) is 0 Å². The number of rotatable bonds is 9. The Balaban J connectivity index is 2.61. The van der Waals surface area contributed by atoms with Gasteiger partial charge in [0.1, 0.15) is 5.75 Å². The van der Waals surface area contributed by atoms with Crippen LogP contribution in [0.5, 0.6) is 5.75 Å². The van der Waals surface area contributed by atoms with E-state index in [1.54, 1.807) is 0 Å². The monoisotopic (exact) mass is 249 g/mol. The van der Waals surface area contributed by atoms with E-state index in [1.165, 1.54) is 24.8 Å². The molecule has 1 N–H and O–H groups in total. The molecule has 1 aromatic carbocycles. The van der Waals surface area contributed by atoms with Crippen molar-refractivity contribution >= 4 is 0 Å². The van der Waals surface area contributed by atoms with E-state index < -0.39 is 0 Å². The van der Waals surface area contributed by atoms with Gasteiger partial charge in [-0.2, -0.15) is 0 Å². The smallest absolute Gasteiger partial charge is 0.119 e. The lowest BCUT2D eigenvalue weighted by Gasteiger charge is -2.18. The number of hydrogen-bond donors (Lipinski definition) is 1. The molecule has 0 aliphatic heterocycles. The van der Waals surface area contributed by atoms with Crippen molar-refractivity contribution in [3.05, 3.63) is 29.8 Å². The summed E-state index contributed by atoms with van der Waals surface area (Å²) >= 11 is 0. The van der Waals surface area contributed by atoms with E-state index in [4.69, 9.17) is 4.74 Å². The molecular weight excluding hydrogens is 222 g/mol. The third kappa shape index (κ3) is 5.09. The highest BCUT2D eigenvalue weighted by molar-refractivity contribution is 5.29. The topological polar surface area (TPSA) is 21.3 Å². The van der Waals surface area contributed by atoms with Crippen LogP contribution >= 0.6 is 0 Å². The van der Waals surface area contributed by atoms with Crippen molar-refractivity contribution in [2.24, 2.45) is 0 Å². The molecule has 0 aromatic heterocycles. The molecule has 1 unspecified atom stereocenters. The molecule has 0 saturated carbocycles. The third-order valence-electron chi connectivity index (χ3n) is 3.05. The van der Waals surface area contributed by atoms with E-state index >= 15 is 0 Å². The molecule has 0 bridgehead atoms. The first kappa shape index (κ1) is 15.0. The molecule has 0 fully saturated rings. The molecule has 1 rings (SSSR count). The first-order valence-corrected chi connectivity index (χ1v) is 7.27. The van der Waals surface area contributed by atoms with E-state index in [9.17, 15) is 0 Å². The predicted octanol–water partition coefficient (Wildman–Crippen LogP) is 4.32. The molecule has 0 amide bonds. The zero-order valence-electron chi connectivity index (χ0n) is 12.0. The maximum absolute atomic E-state index is 5.61. The van der Waals surface area contributed by atoms with E-state index in [2.05, 4.69) is 50.4 Å². The van der Waals surface area contributed by atoms with Gasteiger partial charge in [-0.25, -0.2) is 0 Å². The molecule has 1 aromatic rings. The van der Waals surface area contributed by atoms with Gasteiger partial charge >= 0.3 is 0 Å². The molecule has 0 radical (unpaired) electrons. The molecule has 0 spiro atoms. The Morgan fingerprint density at radius 3 is 2.33 bits per heavy atom. The van der Waals surface area contributed by atoms with Crippen LogP contribution in [0, 0.1) is 0 Å². The lowest BCUT2D eigenvalue weighted by Crippen LogP contribution is -2.20. The highest BCUT2D eigenvalue weighted by Crippen LogP contribution is 2.22. The van der Waals surface area contributed by atoms with Crippen molar-refractivity contribution in [3.63, 3.8) is 0 Å². The van der Waals surface area contributed by atoms with E-state index in [-0.39, 0.29) is 0 Å². The van der Waals surface area contributed by atoms with Crippen LogP contribution in [-0.4, -0.2) is 13.2 Å². The fraction of sp³-hybridized carbons (Fsp3) is 0.625. The summed E-state index contributed by atoms with van der Waals surface area (Å²) in [4.78, 5) is 0. The minimum absolute atomic E-state index is 0.482. The van der Waals surface area contributed by atoms with Crippen molar-refractivity contribution in [1.29, 1.82) is 0 Å². The van der Waals surface area contributed by atoms with Crippen LogP contribution in [0.15, 0.2) is 24.3 Å². The Morgan fingerprint density at radius 2 is 1.78 bits per heavy atom. The number of nitrogens with one attached hydrogen (secondary N) is 1. The van der Waals surface area contributed by atoms with Gasteiger partial charge in [0.25, 0.3) is 0 Å². The van der Waals surface area contributed by atoms with Gasteiger partial charge < -0.3 is 10.1 Å². The summed E-state index contributed by atoms with van der Waals surface area (Å²) in [6.45, 7) is 8.34. The summed E-state index contributed by atoms with van der Waals surface area (Å²) in [5, 5.41) is 3.56. The second-order valence-corrected chi connectivity index (χ2v) is 4.67. The van der Waals surface area contributed by atoms with Crippen molar-refractivity contribution in [2.45, 2.75) is 52.5 Å².